The van der Waals surface area contributed by atoms with Gasteiger partial charge in [0.15, 0.2) is 0 Å². The van der Waals surface area contributed by atoms with Gasteiger partial charge < -0.3 is 20.4 Å². The Morgan fingerprint density at radius 3 is 1.16 bits per heavy atom. The summed E-state index contributed by atoms with van der Waals surface area (Å²) in [7, 11) is 0. The highest BCUT2D eigenvalue weighted by Crippen LogP contribution is 2.38. The van der Waals surface area contributed by atoms with Gasteiger partial charge in [0.25, 0.3) is 0 Å². The molecule has 4 N–H and O–H groups in total. The molecule has 0 saturated heterocycles. The zero-order chi connectivity index (χ0) is 34.7. The van der Waals surface area contributed by atoms with E-state index in [1.807, 2.05) is 68.4 Å². The van der Waals surface area contributed by atoms with Crippen molar-refractivity contribution in [2.75, 3.05) is 0 Å². The fraction of sp³-hybridized carbons (Fsp3) is 0.400. The predicted molar refractivity (Wildman–Crippen MR) is 195 cm³/mol. The lowest BCUT2D eigenvalue weighted by Gasteiger charge is -2.26. The molecule has 0 unspecified atom stereocenters. The van der Waals surface area contributed by atoms with Crippen LogP contribution in [0, 0.1) is 13.8 Å². The van der Waals surface area contributed by atoms with Crippen LogP contribution < -0.4 is 0 Å². The highest BCUT2D eigenvalue weighted by atomic mass is 79.9. The first kappa shape index (κ1) is 39.6. The normalized spacial score (nSPS) is 11.1. The molecule has 0 heterocycles. The van der Waals surface area contributed by atoms with Gasteiger partial charge in [-0.15, -0.1) is 0 Å². The lowest BCUT2D eigenvalue weighted by atomic mass is 9.80. The number of para-hydroxylation sites is 3. The summed E-state index contributed by atoms with van der Waals surface area (Å²) in [6.45, 7) is 24.9. The minimum Gasteiger partial charge on any atom is -0.508 e. The average molecular weight is 680 g/mol. The lowest BCUT2D eigenvalue weighted by Crippen LogP contribution is -2.16. The van der Waals surface area contributed by atoms with Crippen molar-refractivity contribution in [3.05, 3.63) is 117 Å². The van der Waals surface area contributed by atoms with Crippen LogP contribution in [0.5, 0.6) is 23.0 Å². The second kappa shape index (κ2) is 17.3. The van der Waals surface area contributed by atoms with Gasteiger partial charge in [-0.2, -0.15) is 0 Å². The van der Waals surface area contributed by atoms with Crippen molar-refractivity contribution in [1.29, 1.82) is 0 Å². The Kier molecular flexibility index (Phi) is 15.2. The molecule has 0 radical (unpaired) electrons. The van der Waals surface area contributed by atoms with E-state index in [0.717, 1.165) is 37.9 Å². The Bertz CT molecular complexity index is 1370. The van der Waals surface area contributed by atoms with Crippen molar-refractivity contribution in [2.24, 2.45) is 0 Å². The van der Waals surface area contributed by atoms with Crippen LogP contribution in [-0.2, 0) is 10.8 Å². The maximum absolute atomic E-state index is 10.3. The maximum Gasteiger partial charge on any atom is 0.123 e. The molecule has 0 atom stereocenters. The summed E-state index contributed by atoms with van der Waals surface area (Å²) in [6, 6.07) is 24.6. The van der Waals surface area contributed by atoms with Crippen molar-refractivity contribution in [1.82, 2.24) is 0 Å². The first-order valence-electron chi connectivity index (χ1n) is 15.5. The van der Waals surface area contributed by atoms with E-state index in [1.165, 1.54) is 0 Å². The number of hydrogen-bond acceptors (Lipinski definition) is 4. The van der Waals surface area contributed by atoms with E-state index in [4.69, 9.17) is 5.11 Å². The third-order valence-electron chi connectivity index (χ3n) is 7.26. The van der Waals surface area contributed by atoms with Crippen LogP contribution in [0.15, 0.2) is 83.3 Å². The molecular formula is C40H55BrO4. The molecule has 45 heavy (non-hydrogen) atoms. The minimum absolute atomic E-state index is 0.00859. The lowest BCUT2D eigenvalue weighted by molar-refractivity contribution is 0.423. The minimum atomic E-state index is -0.00859. The number of halogens is 1. The molecule has 0 aliphatic carbocycles. The maximum atomic E-state index is 10.3. The van der Waals surface area contributed by atoms with Crippen LogP contribution in [0.3, 0.4) is 0 Å². The number of aromatic hydroxyl groups is 4. The van der Waals surface area contributed by atoms with Crippen molar-refractivity contribution >= 4 is 15.9 Å². The zero-order valence-electron chi connectivity index (χ0n) is 29.3. The van der Waals surface area contributed by atoms with E-state index in [0.29, 0.717) is 34.8 Å². The van der Waals surface area contributed by atoms with Gasteiger partial charge in [-0.05, 0) is 94.2 Å². The van der Waals surface area contributed by atoms with E-state index in [2.05, 4.69) is 85.2 Å². The molecule has 5 heteroatoms. The van der Waals surface area contributed by atoms with E-state index in [1.54, 1.807) is 24.3 Å². The molecule has 4 nitrogen and oxygen atoms in total. The van der Waals surface area contributed by atoms with Crippen LogP contribution in [0.4, 0.5) is 0 Å². The second-order valence-electron chi connectivity index (χ2n) is 14.0. The monoisotopic (exact) mass is 678 g/mol. The Balaban J connectivity index is 0.000000309. The van der Waals surface area contributed by atoms with Crippen molar-refractivity contribution in [2.45, 2.75) is 106 Å². The van der Waals surface area contributed by atoms with Gasteiger partial charge in [-0.3, -0.25) is 0 Å². The Labute approximate surface area is 281 Å². The van der Waals surface area contributed by atoms with Crippen molar-refractivity contribution in [3.8, 4) is 23.0 Å². The van der Waals surface area contributed by atoms with E-state index < -0.39 is 0 Å². The fourth-order valence-electron chi connectivity index (χ4n) is 4.51. The number of phenols is 4. The van der Waals surface area contributed by atoms with E-state index >= 15 is 0 Å². The summed E-state index contributed by atoms with van der Waals surface area (Å²) in [6.07, 6.45) is 0. The molecule has 246 valence electrons. The molecule has 0 amide bonds. The molecule has 4 rings (SSSR count). The van der Waals surface area contributed by atoms with Crippen molar-refractivity contribution in [3.63, 3.8) is 0 Å². The predicted octanol–water partition coefficient (Wildman–Crippen LogP) is 11.8. The van der Waals surface area contributed by atoms with Gasteiger partial charge >= 0.3 is 0 Å². The number of aryl methyl sites for hydroxylation is 2. The van der Waals surface area contributed by atoms with Crippen LogP contribution >= 0.6 is 15.9 Å². The summed E-state index contributed by atoms with van der Waals surface area (Å²) in [5.74, 6) is 2.42. The van der Waals surface area contributed by atoms with E-state index in [9.17, 15) is 15.3 Å². The van der Waals surface area contributed by atoms with Gasteiger partial charge in [-0.25, -0.2) is 0 Å². The standard InChI is InChI=1S/C14H22O.C12H18O.C8H10O.C6H5BrO/c1-13(2,3)10-8-7-9-11(12(10)15)14(4,5)6;1-8(2)10-6-5-7-11(9(3)4)12(10)13;1-6-4-3-5-7(2)8(6)9;7-5-1-3-6(8)4-2-5/h7-9,15H,1-6H3;5-9,13H,1-4H3;3-5,9H,1-2H3;1-4,8H. The van der Waals surface area contributed by atoms with Gasteiger partial charge in [0.1, 0.15) is 23.0 Å². The Hall–Kier alpha value is -3.44. The summed E-state index contributed by atoms with van der Waals surface area (Å²) in [4.78, 5) is 0. The molecule has 0 aromatic heterocycles. The number of hydrogen-bond donors (Lipinski definition) is 4. The fourth-order valence-corrected chi connectivity index (χ4v) is 4.78. The molecule has 0 aliphatic heterocycles. The molecular weight excluding hydrogens is 624 g/mol. The molecule has 0 aliphatic rings. The molecule has 4 aromatic rings. The summed E-state index contributed by atoms with van der Waals surface area (Å²) < 4.78 is 0.982. The first-order chi connectivity index (χ1) is 20.7. The highest BCUT2D eigenvalue weighted by Gasteiger charge is 2.24. The van der Waals surface area contributed by atoms with Gasteiger partial charge in [0.2, 0.25) is 0 Å². The number of rotatable bonds is 2. The number of phenolic OH excluding ortho intramolecular Hbond substituents is 4. The van der Waals surface area contributed by atoms with E-state index in [-0.39, 0.29) is 10.8 Å². The van der Waals surface area contributed by atoms with Crippen LogP contribution in [0.2, 0.25) is 0 Å². The third-order valence-corrected chi connectivity index (χ3v) is 7.79. The van der Waals surface area contributed by atoms with Gasteiger partial charge in [0, 0.05) is 4.47 Å². The van der Waals surface area contributed by atoms with Crippen LogP contribution in [0.25, 0.3) is 0 Å². The molecule has 4 aromatic carbocycles. The second-order valence-corrected chi connectivity index (χ2v) is 14.9. The molecule has 0 saturated carbocycles. The Morgan fingerprint density at radius 2 is 0.844 bits per heavy atom. The summed E-state index contributed by atoms with van der Waals surface area (Å²) in [5.41, 5.74) is 6.00. The molecule has 0 fully saturated rings. The number of benzene rings is 4. The van der Waals surface area contributed by atoms with Crippen molar-refractivity contribution < 1.29 is 20.4 Å². The van der Waals surface area contributed by atoms with Gasteiger partial charge in [0.05, 0.1) is 0 Å². The van der Waals surface area contributed by atoms with Crippen LogP contribution in [-0.4, -0.2) is 20.4 Å². The molecule has 0 spiro atoms. The SMILES string of the molecule is CC(C)(C)c1cccc(C(C)(C)C)c1O.CC(C)c1cccc(C(C)C)c1O.Cc1cccc(C)c1O.Oc1ccc(Br)cc1. The third kappa shape index (κ3) is 12.8. The summed E-state index contributed by atoms with van der Waals surface area (Å²) >= 11 is 3.23. The zero-order valence-corrected chi connectivity index (χ0v) is 30.9. The average Bonchev–Trinajstić information content (AvgIpc) is 2.93. The van der Waals surface area contributed by atoms with Crippen LogP contribution in [0.1, 0.15) is 114 Å². The molecule has 0 bridgehead atoms. The quantitative estimate of drug-likeness (QED) is 0.170. The highest BCUT2D eigenvalue weighted by molar-refractivity contribution is 9.10. The summed E-state index contributed by atoms with van der Waals surface area (Å²) in [5, 5.41) is 38.1. The topological polar surface area (TPSA) is 80.9 Å². The smallest absolute Gasteiger partial charge is 0.123 e. The first-order valence-corrected chi connectivity index (χ1v) is 16.3. The van der Waals surface area contributed by atoms with Gasteiger partial charge in [-0.1, -0.05) is 140 Å². The largest absolute Gasteiger partial charge is 0.508 e. The Morgan fingerprint density at radius 1 is 0.489 bits per heavy atom.